The Bertz CT molecular complexity index is 815. The van der Waals surface area contributed by atoms with Crippen LogP contribution in [-0.2, 0) is 17.6 Å². The number of nitrogens with one attached hydrogen (secondary N) is 2. The van der Waals surface area contributed by atoms with Crippen molar-refractivity contribution in [3.8, 4) is 0 Å². The third-order valence-electron chi connectivity index (χ3n) is 4.89. The van der Waals surface area contributed by atoms with E-state index in [1.54, 1.807) is 31.2 Å². The van der Waals surface area contributed by atoms with Gasteiger partial charge in [-0.1, -0.05) is 18.2 Å². The Kier molecular flexibility index (Phi) is 6.12. The van der Waals surface area contributed by atoms with Crippen molar-refractivity contribution < 1.29 is 14.3 Å². The molecule has 0 spiro atoms. The zero-order chi connectivity index (χ0) is 19.2. The monoisotopic (exact) mass is 366 g/mol. The molecule has 5 heteroatoms. The Morgan fingerprint density at radius 2 is 1.74 bits per heavy atom. The molecule has 0 unspecified atom stereocenters. The van der Waals surface area contributed by atoms with Gasteiger partial charge in [-0.05, 0) is 80.5 Å². The SMILES string of the molecule is CCOC(=O)Nc1ccc(C(=O)N[C@@H](C)c2ccc3c(c2)CCCC3)cc1. The van der Waals surface area contributed by atoms with Crippen molar-refractivity contribution in [1.82, 2.24) is 5.32 Å². The first-order valence-corrected chi connectivity index (χ1v) is 9.53. The molecule has 2 aromatic carbocycles. The molecule has 1 atom stereocenters. The molecule has 0 bridgehead atoms. The molecule has 0 fully saturated rings. The lowest BCUT2D eigenvalue weighted by Gasteiger charge is -2.20. The minimum absolute atomic E-state index is 0.0675. The van der Waals surface area contributed by atoms with Gasteiger partial charge in [-0.2, -0.15) is 0 Å². The third-order valence-corrected chi connectivity index (χ3v) is 4.89. The molecule has 5 nitrogen and oxygen atoms in total. The van der Waals surface area contributed by atoms with E-state index in [0.29, 0.717) is 17.9 Å². The van der Waals surface area contributed by atoms with Gasteiger partial charge in [0.1, 0.15) is 0 Å². The first-order chi connectivity index (χ1) is 13.1. The topological polar surface area (TPSA) is 67.4 Å². The molecule has 1 aliphatic carbocycles. The van der Waals surface area contributed by atoms with Gasteiger partial charge in [0.15, 0.2) is 0 Å². The van der Waals surface area contributed by atoms with Crippen LogP contribution in [0.4, 0.5) is 10.5 Å². The Hall–Kier alpha value is -2.82. The molecule has 2 amide bonds. The Morgan fingerprint density at radius 1 is 1.04 bits per heavy atom. The van der Waals surface area contributed by atoms with E-state index in [-0.39, 0.29) is 11.9 Å². The second-order valence-electron chi connectivity index (χ2n) is 6.85. The number of carbonyl (C=O) groups is 2. The van der Waals surface area contributed by atoms with Gasteiger partial charge in [-0.3, -0.25) is 10.1 Å². The maximum Gasteiger partial charge on any atom is 0.411 e. The summed E-state index contributed by atoms with van der Waals surface area (Å²) in [7, 11) is 0. The minimum atomic E-state index is -0.504. The van der Waals surface area contributed by atoms with E-state index in [9.17, 15) is 9.59 Å². The van der Waals surface area contributed by atoms with E-state index < -0.39 is 6.09 Å². The van der Waals surface area contributed by atoms with E-state index >= 15 is 0 Å². The van der Waals surface area contributed by atoms with Crippen molar-refractivity contribution in [2.24, 2.45) is 0 Å². The number of benzene rings is 2. The fourth-order valence-electron chi connectivity index (χ4n) is 3.38. The maximum absolute atomic E-state index is 12.5. The molecule has 2 N–H and O–H groups in total. The molecular weight excluding hydrogens is 340 g/mol. The predicted octanol–water partition coefficient (Wildman–Crippen LogP) is 4.62. The quantitative estimate of drug-likeness (QED) is 0.811. The van der Waals surface area contributed by atoms with Gasteiger partial charge in [0.05, 0.1) is 12.6 Å². The van der Waals surface area contributed by atoms with E-state index in [2.05, 4.69) is 28.8 Å². The van der Waals surface area contributed by atoms with Crippen molar-refractivity contribution in [3.63, 3.8) is 0 Å². The van der Waals surface area contributed by atoms with Gasteiger partial charge in [-0.15, -0.1) is 0 Å². The molecular formula is C22H26N2O3. The fraction of sp³-hybridized carbons (Fsp3) is 0.364. The zero-order valence-corrected chi connectivity index (χ0v) is 15.9. The summed E-state index contributed by atoms with van der Waals surface area (Å²) in [5.41, 5.74) is 5.12. The van der Waals surface area contributed by atoms with Crippen LogP contribution in [0.3, 0.4) is 0 Å². The molecule has 0 aliphatic heterocycles. The Labute approximate surface area is 160 Å². The highest BCUT2D eigenvalue weighted by molar-refractivity contribution is 5.95. The van der Waals surface area contributed by atoms with Gasteiger partial charge in [-0.25, -0.2) is 4.79 Å². The van der Waals surface area contributed by atoms with E-state index in [1.165, 1.54) is 24.0 Å². The van der Waals surface area contributed by atoms with E-state index in [0.717, 1.165) is 18.4 Å². The van der Waals surface area contributed by atoms with E-state index in [1.807, 2.05) is 6.92 Å². The number of rotatable bonds is 5. The van der Waals surface area contributed by atoms with Gasteiger partial charge in [0, 0.05) is 11.3 Å². The van der Waals surface area contributed by atoms with Crippen LogP contribution < -0.4 is 10.6 Å². The molecule has 1 aliphatic rings. The number of ether oxygens (including phenoxy) is 1. The lowest BCUT2D eigenvalue weighted by molar-refractivity contribution is 0.0940. The van der Waals surface area contributed by atoms with Crippen LogP contribution in [0.2, 0.25) is 0 Å². The van der Waals surface area contributed by atoms with Crippen molar-refractivity contribution in [2.45, 2.75) is 45.6 Å². The average Bonchev–Trinajstić information content (AvgIpc) is 2.68. The lowest BCUT2D eigenvalue weighted by atomic mass is 9.89. The number of fused-ring (bicyclic) bond motifs is 1. The van der Waals surface area contributed by atoms with Crippen molar-refractivity contribution in [1.29, 1.82) is 0 Å². The van der Waals surface area contributed by atoms with Crippen LogP contribution in [0, 0.1) is 0 Å². The molecule has 0 saturated carbocycles. The van der Waals surface area contributed by atoms with Gasteiger partial charge < -0.3 is 10.1 Å². The minimum Gasteiger partial charge on any atom is -0.450 e. The van der Waals surface area contributed by atoms with Crippen molar-refractivity contribution in [3.05, 3.63) is 64.7 Å². The zero-order valence-electron chi connectivity index (χ0n) is 15.9. The molecule has 0 aromatic heterocycles. The van der Waals surface area contributed by atoms with Crippen molar-refractivity contribution in [2.75, 3.05) is 11.9 Å². The van der Waals surface area contributed by atoms with Crippen LogP contribution in [0.15, 0.2) is 42.5 Å². The average molecular weight is 366 g/mol. The molecule has 142 valence electrons. The molecule has 3 rings (SSSR count). The highest BCUT2D eigenvalue weighted by Gasteiger charge is 2.15. The van der Waals surface area contributed by atoms with Crippen LogP contribution in [0.1, 0.15) is 59.8 Å². The standard InChI is InChI=1S/C22H26N2O3/c1-3-27-22(26)24-20-12-10-17(11-13-20)21(25)23-15(2)18-9-8-16-6-4-5-7-19(16)14-18/h8-15H,3-7H2,1-2H3,(H,23,25)(H,24,26)/t15-/m0/s1. The number of hydrogen-bond acceptors (Lipinski definition) is 3. The summed E-state index contributed by atoms with van der Waals surface area (Å²) < 4.78 is 4.84. The molecule has 0 heterocycles. The molecule has 2 aromatic rings. The summed E-state index contributed by atoms with van der Waals surface area (Å²) in [4.78, 5) is 24.0. The summed E-state index contributed by atoms with van der Waals surface area (Å²) >= 11 is 0. The normalized spacial score (nSPS) is 14.0. The van der Waals surface area contributed by atoms with Crippen LogP contribution in [0.5, 0.6) is 0 Å². The number of aryl methyl sites for hydroxylation is 2. The fourth-order valence-corrected chi connectivity index (χ4v) is 3.38. The molecule has 0 radical (unpaired) electrons. The Morgan fingerprint density at radius 3 is 2.44 bits per heavy atom. The summed E-state index contributed by atoms with van der Waals surface area (Å²) in [6.45, 7) is 4.06. The van der Waals surface area contributed by atoms with E-state index in [4.69, 9.17) is 4.74 Å². The highest BCUT2D eigenvalue weighted by Crippen LogP contribution is 2.25. The Balaban J connectivity index is 1.62. The molecule has 27 heavy (non-hydrogen) atoms. The number of anilines is 1. The summed E-state index contributed by atoms with van der Waals surface area (Å²) in [5.74, 6) is -0.136. The predicted molar refractivity (Wildman–Crippen MR) is 106 cm³/mol. The van der Waals surface area contributed by atoms with Crippen molar-refractivity contribution >= 4 is 17.7 Å². The maximum atomic E-state index is 12.5. The third kappa shape index (κ3) is 4.88. The van der Waals surface area contributed by atoms with Gasteiger partial charge >= 0.3 is 6.09 Å². The largest absolute Gasteiger partial charge is 0.450 e. The number of carbonyl (C=O) groups excluding carboxylic acids is 2. The van der Waals surface area contributed by atoms with Gasteiger partial charge in [0.25, 0.3) is 5.91 Å². The molecule has 0 saturated heterocycles. The smallest absolute Gasteiger partial charge is 0.411 e. The number of hydrogen-bond donors (Lipinski definition) is 2. The van der Waals surface area contributed by atoms with Crippen LogP contribution >= 0.6 is 0 Å². The first-order valence-electron chi connectivity index (χ1n) is 9.53. The second-order valence-corrected chi connectivity index (χ2v) is 6.85. The summed E-state index contributed by atoms with van der Waals surface area (Å²) in [6.07, 6.45) is 4.28. The summed E-state index contributed by atoms with van der Waals surface area (Å²) in [6, 6.07) is 13.2. The van der Waals surface area contributed by atoms with Gasteiger partial charge in [0.2, 0.25) is 0 Å². The first kappa shape index (κ1) is 19.0. The van der Waals surface area contributed by atoms with Crippen LogP contribution in [-0.4, -0.2) is 18.6 Å². The highest BCUT2D eigenvalue weighted by atomic mass is 16.5. The van der Waals surface area contributed by atoms with Crippen LogP contribution in [0.25, 0.3) is 0 Å². The summed E-state index contributed by atoms with van der Waals surface area (Å²) in [5, 5.41) is 5.66. The number of amides is 2. The lowest BCUT2D eigenvalue weighted by Crippen LogP contribution is -2.26. The second kappa shape index (κ2) is 8.71.